The average molecular weight is 253 g/mol. The maximum Gasteiger partial charge on any atom is 0.410 e. The second-order valence-electron chi connectivity index (χ2n) is 4.80. The normalized spacial score (nSPS) is 24.8. The zero-order valence-corrected chi connectivity index (χ0v) is 11.0. The summed E-state index contributed by atoms with van der Waals surface area (Å²) in [5.74, 6) is 0. The van der Waals surface area contributed by atoms with E-state index in [0.29, 0.717) is 13.1 Å². The van der Waals surface area contributed by atoms with Crippen LogP contribution in [0.2, 0.25) is 0 Å². The molecule has 1 rings (SSSR count). The van der Waals surface area contributed by atoms with Crippen LogP contribution in [0.15, 0.2) is 0 Å². The first kappa shape index (κ1) is 15.5. The smallest absolute Gasteiger partial charge is 0.410 e. The Morgan fingerprint density at radius 3 is 2.31 bits per heavy atom. The predicted octanol–water partition coefficient (Wildman–Crippen LogP) is 0.608. The fourth-order valence-electron chi connectivity index (χ4n) is 1.92. The summed E-state index contributed by atoms with van der Waals surface area (Å²) in [6.07, 6.45) is -0.918. The zero-order valence-electron chi connectivity index (χ0n) is 10.2. The molecule has 1 amide bonds. The van der Waals surface area contributed by atoms with Gasteiger partial charge >= 0.3 is 6.09 Å². The van der Waals surface area contributed by atoms with Crippen molar-refractivity contribution in [3.63, 3.8) is 0 Å². The molecule has 0 aromatic heterocycles. The third-order valence-corrected chi connectivity index (χ3v) is 2.58. The number of ether oxygens (including phenoxy) is 1. The maximum absolute atomic E-state index is 11.7. The van der Waals surface area contributed by atoms with E-state index < -0.39 is 12.2 Å². The summed E-state index contributed by atoms with van der Waals surface area (Å²) < 4.78 is 4.75. The zero-order chi connectivity index (χ0) is 11.6. The summed E-state index contributed by atoms with van der Waals surface area (Å²) in [5.41, 5.74) is -0.356. The van der Waals surface area contributed by atoms with Crippen molar-refractivity contribution in [3.8, 4) is 0 Å². The molecule has 0 aromatic carbocycles. The Morgan fingerprint density at radius 2 is 2.00 bits per heavy atom. The third-order valence-electron chi connectivity index (χ3n) is 2.58. The van der Waals surface area contributed by atoms with Gasteiger partial charge in [-0.3, -0.25) is 4.90 Å². The fourth-order valence-corrected chi connectivity index (χ4v) is 1.92. The number of aliphatic hydroxyl groups is 1. The van der Waals surface area contributed by atoms with Gasteiger partial charge in [-0.15, -0.1) is 12.4 Å². The van der Waals surface area contributed by atoms with Gasteiger partial charge in [-0.1, -0.05) is 0 Å². The van der Waals surface area contributed by atoms with E-state index >= 15 is 0 Å². The molecule has 1 heterocycles. The summed E-state index contributed by atoms with van der Waals surface area (Å²) in [5, 5.41) is 12.8. The molecule has 2 N–H and O–H groups in total. The maximum atomic E-state index is 11.7. The van der Waals surface area contributed by atoms with E-state index in [-0.39, 0.29) is 24.0 Å². The molecule has 1 aliphatic rings. The molecule has 16 heavy (non-hydrogen) atoms. The van der Waals surface area contributed by atoms with Crippen molar-refractivity contribution >= 4 is 18.5 Å². The first-order valence-electron chi connectivity index (χ1n) is 5.14. The molecule has 0 aliphatic carbocycles. The van der Waals surface area contributed by atoms with E-state index in [4.69, 9.17) is 4.74 Å². The number of halogens is 1. The highest BCUT2D eigenvalue weighted by atomic mass is 35.5. The van der Waals surface area contributed by atoms with Crippen molar-refractivity contribution < 1.29 is 14.6 Å². The summed E-state index contributed by atoms with van der Waals surface area (Å²) >= 11 is 0. The van der Waals surface area contributed by atoms with E-state index in [1.165, 1.54) is 7.11 Å². The number of carbonyl (C=O) groups is 1. The molecular formula is C10H21ClN2O3. The Bertz CT molecular complexity index is 243. The van der Waals surface area contributed by atoms with Crippen molar-refractivity contribution in [3.05, 3.63) is 0 Å². The minimum atomic E-state index is -0.525. The molecule has 1 saturated heterocycles. The van der Waals surface area contributed by atoms with Crippen molar-refractivity contribution in [1.82, 2.24) is 10.2 Å². The lowest BCUT2D eigenvalue weighted by Gasteiger charge is -2.39. The molecule has 0 bridgehead atoms. The molecule has 0 unspecified atom stereocenters. The lowest BCUT2D eigenvalue weighted by Crippen LogP contribution is -2.55. The van der Waals surface area contributed by atoms with Crippen molar-refractivity contribution in [2.75, 3.05) is 20.2 Å². The van der Waals surface area contributed by atoms with Gasteiger partial charge in [0, 0.05) is 18.6 Å². The van der Waals surface area contributed by atoms with Crippen LogP contribution in [0.4, 0.5) is 4.79 Å². The molecule has 5 nitrogen and oxygen atoms in total. The van der Waals surface area contributed by atoms with Gasteiger partial charge in [-0.25, -0.2) is 4.79 Å². The standard InChI is InChI=1S/C10H20N2O3.ClH/c1-10(2,3)12(9(14)15-4)7-5-11-6-8(7)13;/h7-8,11,13H,5-6H2,1-4H3;1H/t7-,8-;/m0./s1. The second kappa shape index (κ2) is 5.70. The number of hydrogen-bond donors (Lipinski definition) is 2. The minimum absolute atomic E-state index is 0. The second-order valence-corrected chi connectivity index (χ2v) is 4.80. The molecule has 6 heteroatoms. The Balaban J connectivity index is 0.00000225. The topological polar surface area (TPSA) is 61.8 Å². The first-order chi connectivity index (χ1) is 6.88. The predicted molar refractivity (Wildman–Crippen MR) is 63.9 cm³/mol. The third kappa shape index (κ3) is 3.23. The molecular weight excluding hydrogens is 232 g/mol. The first-order valence-corrected chi connectivity index (χ1v) is 5.14. The van der Waals surface area contributed by atoms with Crippen LogP contribution >= 0.6 is 12.4 Å². The van der Waals surface area contributed by atoms with Crippen LogP contribution in [0.3, 0.4) is 0 Å². The van der Waals surface area contributed by atoms with Crippen LogP contribution in [-0.2, 0) is 4.74 Å². The Kier molecular flexibility index (Phi) is 5.52. The Morgan fingerprint density at radius 1 is 1.44 bits per heavy atom. The molecule has 0 saturated carbocycles. The monoisotopic (exact) mass is 252 g/mol. The van der Waals surface area contributed by atoms with Crippen LogP contribution in [0.25, 0.3) is 0 Å². The van der Waals surface area contributed by atoms with Crippen molar-refractivity contribution in [1.29, 1.82) is 0 Å². The largest absolute Gasteiger partial charge is 0.453 e. The van der Waals surface area contributed by atoms with Crippen molar-refractivity contribution in [2.24, 2.45) is 0 Å². The lowest BCUT2D eigenvalue weighted by molar-refractivity contribution is 0.0218. The van der Waals surface area contributed by atoms with Gasteiger partial charge in [0.15, 0.2) is 0 Å². The number of methoxy groups -OCH3 is 1. The molecule has 0 aromatic rings. The number of nitrogens with zero attached hydrogens (tertiary/aromatic N) is 1. The van der Waals surface area contributed by atoms with Crippen LogP contribution in [-0.4, -0.2) is 54.0 Å². The van der Waals surface area contributed by atoms with E-state index in [1.807, 2.05) is 20.8 Å². The van der Waals surface area contributed by atoms with Gasteiger partial charge in [0.25, 0.3) is 0 Å². The van der Waals surface area contributed by atoms with Crippen molar-refractivity contribution in [2.45, 2.75) is 38.5 Å². The Labute approximate surface area is 103 Å². The number of nitrogens with one attached hydrogen (secondary N) is 1. The quantitative estimate of drug-likeness (QED) is 0.718. The molecule has 1 fully saturated rings. The molecule has 1 aliphatic heterocycles. The number of aliphatic hydroxyl groups excluding tert-OH is 1. The van der Waals surface area contributed by atoms with E-state index in [2.05, 4.69) is 5.32 Å². The van der Waals surface area contributed by atoms with Gasteiger partial charge in [0.05, 0.1) is 19.3 Å². The fraction of sp³-hybridized carbons (Fsp3) is 0.900. The Hall–Kier alpha value is -0.520. The summed E-state index contributed by atoms with van der Waals surface area (Å²) in [4.78, 5) is 13.3. The van der Waals surface area contributed by atoms with E-state index in [0.717, 1.165) is 0 Å². The highest BCUT2D eigenvalue weighted by molar-refractivity contribution is 5.85. The van der Waals surface area contributed by atoms with Crippen LogP contribution < -0.4 is 5.32 Å². The van der Waals surface area contributed by atoms with Crippen LogP contribution in [0.5, 0.6) is 0 Å². The molecule has 2 atom stereocenters. The van der Waals surface area contributed by atoms with E-state index in [9.17, 15) is 9.90 Å². The molecule has 0 spiro atoms. The summed E-state index contributed by atoms with van der Waals surface area (Å²) in [6, 6.07) is -0.211. The number of carbonyl (C=O) groups excluding carboxylic acids is 1. The van der Waals surface area contributed by atoms with Gasteiger partial charge in [0.1, 0.15) is 0 Å². The number of rotatable bonds is 1. The SMILES string of the molecule is COC(=O)N([C@H]1CNC[C@@H]1O)C(C)(C)C.Cl. The summed E-state index contributed by atoms with van der Waals surface area (Å²) in [7, 11) is 1.36. The summed E-state index contributed by atoms with van der Waals surface area (Å²) in [6.45, 7) is 6.90. The number of hydrogen-bond acceptors (Lipinski definition) is 4. The molecule has 96 valence electrons. The lowest BCUT2D eigenvalue weighted by atomic mass is 10.0. The van der Waals surface area contributed by atoms with Gasteiger partial charge in [-0.05, 0) is 20.8 Å². The van der Waals surface area contributed by atoms with Gasteiger partial charge in [0.2, 0.25) is 0 Å². The van der Waals surface area contributed by atoms with E-state index in [1.54, 1.807) is 4.90 Å². The van der Waals surface area contributed by atoms with Crippen LogP contribution in [0, 0.1) is 0 Å². The van der Waals surface area contributed by atoms with Crippen LogP contribution in [0.1, 0.15) is 20.8 Å². The van der Waals surface area contributed by atoms with Gasteiger partial charge in [-0.2, -0.15) is 0 Å². The average Bonchev–Trinajstić information content (AvgIpc) is 2.50. The number of amides is 1. The highest BCUT2D eigenvalue weighted by Crippen LogP contribution is 2.22. The molecule has 0 radical (unpaired) electrons. The number of β-amino-alcohol motifs (C(OH)–C–C–N with tert-alkyl or cyclic N) is 1. The minimum Gasteiger partial charge on any atom is -0.453 e. The highest BCUT2D eigenvalue weighted by Gasteiger charge is 2.40. The van der Waals surface area contributed by atoms with Gasteiger partial charge < -0.3 is 15.2 Å².